The fourth-order valence-corrected chi connectivity index (χ4v) is 5.18. The van der Waals surface area contributed by atoms with Gasteiger partial charge in [-0.1, -0.05) is 19.9 Å². The van der Waals surface area contributed by atoms with Gasteiger partial charge in [0.2, 0.25) is 5.88 Å². The van der Waals surface area contributed by atoms with Crippen LogP contribution in [-0.4, -0.2) is 72.0 Å². The fraction of sp³-hybridized carbons (Fsp3) is 0.577. The predicted octanol–water partition coefficient (Wildman–Crippen LogP) is 4.01. The maximum absolute atomic E-state index is 13.3. The van der Waals surface area contributed by atoms with Gasteiger partial charge in [0.25, 0.3) is 10.0 Å². The van der Waals surface area contributed by atoms with Crippen LogP contribution in [-0.2, 0) is 10.0 Å². The largest absolute Gasteiger partial charge is 0.476 e. The van der Waals surface area contributed by atoms with E-state index in [4.69, 9.17) is 9.73 Å². The molecule has 0 radical (unpaired) electrons. The van der Waals surface area contributed by atoms with Crippen molar-refractivity contribution in [3.63, 3.8) is 0 Å². The van der Waals surface area contributed by atoms with E-state index in [-0.39, 0.29) is 35.1 Å². The Hall–Kier alpha value is -3.33. The summed E-state index contributed by atoms with van der Waals surface area (Å²) >= 11 is 0. The molecule has 2 aliphatic rings. The van der Waals surface area contributed by atoms with Gasteiger partial charge in [-0.2, -0.15) is 21.6 Å². The normalized spacial score (nSPS) is 18.9. The van der Waals surface area contributed by atoms with Gasteiger partial charge in [-0.05, 0) is 45.2 Å². The second-order valence-electron chi connectivity index (χ2n) is 10.8. The minimum absolute atomic E-state index is 0.0111. The van der Waals surface area contributed by atoms with Gasteiger partial charge >= 0.3 is 6.18 Å². The first-order chi connectivity index (χ1) is 19.3. The Bertz CT molecular complexity index is 1380. The number of nitrogens with zero attached hydrogens (tertiary/aromatic N) is 5. The lowest BCUT2D eigenvalue weighted by Crippen LogP contribution is -2.44. The summed E-state index contributed by atoms with van der Waals surface area (Å²) in [4.78, 5) is 11.0. The van der Waals surface area contributed by atoms with Gasteiger partial charge in [0.05, 0.1) is 12.9 Å². The number of alkyl halides is 3. The van der Waals surface area contributed by atoms with E-state index in [0.29, 0.717) is 31.3 Å². The minimum atomic E-state index is -4.35. The molecule has 0 spiro atoms. The molecule has 4 rings (SSSR count). The molecule has 0 aromatic carbocycles. The van der Waals surface area contributed by atoms with Crippen LogP contribution in [0.5, 0.6) is 5.88 Å². The third-order valence-electron chi connectivity index (χ3n) is 7.08. The van der Waals surface area contributed by atoms with Crippen LogP contribution in [0.4, 0.5) is 19.0 Å². The average molecular weight is 599 g/mol. The Kier molecular flexibility index (Phi) is 8.87. The first-order valence-electron chi connectivity index (χ1n) is 13.6. The molecular weight excluding hydrogens is 561 g/mol. The molecule has 2 aromatic rings. The van der Waals surface area contributed by atoms with Crippen LogP contribution in [0.2, 0.25) is 0 Å². The van der Waals surface area contributed by atoms with Crippen LogP contribution in [0.15, 0.2) is 46.7 Å². The Labute approximate surface area is 238 Å². The number of nitrogens with one attached hydrogen (secondary N) is 3. The van der Waals surface area contributed by atoms with Crippen LogP contribution >= 0.6 is 0 Å². The number of anilines is 1. The Morgan fingerprint density at radius 2 is 2.00 bits per heavy atom. The summed E-state index contributed by atoms with van der Waals surface area (Å²) in [5.74, 6) is 1.17. The van der Waals surface area contributed by atoms with Crippen molar-refractivity contribution in [3.05, 3.63) is 36.7 Å². The highest BCUT2D eigenvalue weighted by Crippen LogP contribution is 2.57. The van der Waals surface area contributed by atoms with E-state index in [1.54, 1.807) is 12.1 Å². The van der Waals surface area contributed by atoms with Crippen LogP contribution in [0.1, 0.15) is 53.4 Å². The molecule has 3 heterocycles. The van der Waals surface area contributed by atoms with Gasteiger partial charge in [-0.15, -0.1) is 5.10 Å². The highest BCUT2D eigenvalue weighted by Gasteiger charge is 2.64. The Morgan fingerprint density at radius 3 is 2.61 bits per heavy atom. The van der Waals surface area contributed by atoms with E-state index >= 15 is 0 Å². The monoisotopic (exact) mass is 598 g/mol. The van der Waals surface area contributed by atoms with Crippen molar-refractivity contribution in [2.75, 3.05) is 31.7 Å². The third kappa shape index (κ3) is 7.12. The molecule has 15 heteroatoms. The van der Waals surface area contributed by atoms with Crippen LogP contribution in [0, 0.1) is 5.41 Å². The third-order valence-corrected chi connectivity index (χ3v) is 8.28. The summed E-state index contributed by atoms with van der Waals surface area (Å²) in [6, 6.07) is 6.06. The number of ether oxygens (including phenoxy) is 1. The van der Waals surface area contributed by atoms with Crippen molar-refractivity contribution < 1.29 is 26.3 Å². The molecule has 226 valence electrons. The van der Waals surface area contributed by atoms with E-state index in [9.17, 15) is 21.6 Å². The second kappa shape index (κ2) is 11.9. The molecule has 0 amide bonds. The molecule has 2 aromatic heterocycles. The van der Waals surface area contributed by atoms with E-state index < -0.39 is 28.2 Å². The lowest BCUT2D eigenvalue weighted by atomic mass is 10.1. The van der Waals surface area contributed by atoms with E-state index in [0.717, 1.165) is 13.0 Å². The second-order valence-corrected chi connectivity index (χ2v) is 12.4. The maximum atomic E-state index is 13.3. The molecule has 2 fully saturated rings. The van der Waals surface area contributed by atoms with Crippen LogP contribution in [0.25, 0.3) is 5.82 Å². The van der Waals surface area contributed by atoms with Gasteiger partial charge in [-0.3, -0.25) is 10.0 Å². The zero-order chi connectivity index (χ0) is 29.9. The summed E-state index contributed by atoms with van der Waals surface area (Å²) in [6.45, 7) is 9.41. The standard InChI is InChI=1S/C26H37F3N8O3S/c1-5-13-31-19-8-7-9-23(33-19)41(38,39)32-15-21(34-20(6-2)36-18-30-16-24(36,3)4)37-14-10-22(35-37)40-17-25(11-12-25)26(27,28)29/h7-10,14-15,30,32H,5-6,11-13,16-18H2,1-4H3,(H,31,33)/b21-15+,34-20?. The molecule has 0 bridgehead atoms. The molecule has 11 nitrogen and oxygen atoms in total. The van der Waals surface area contributed by atoms with E-state index in [2.05, 4.69) is 44.2 Å². The van der Waals surface area contributed by atoms with E-state index in [1.807, 2.05) is 13.8 Å². The Balaban J connectivity index is 1.63. The van der Waals surface area contributed by atoms with Crippen LogP contribution < -0.4 is 20.1 Å². The summed E-state index contributed by atoms with van der Waals surface area (Å²) in [5, 5.41) is 10.4. The summed E-state index contributed by atoms with van der Waals surface area (Å²) in [7, 11) is -4.10. The average Bonchev–Trinajstić information content (AvgIpc) is 3.46. The molecular formula is C26H37F3N8O3S. The van der Waals surface area contributed by atoms with Gasteiger partial charge in [-0.25, -0.2) is 14.7 Å². The number of rotatable bonds is 12. The number of aromatic nitrogens is 3. The molecule has 1 aliphatic heterocycles. The molecule has 0 atom stereocenters. The molecule has 41 heavy (non-hydrogen) atoms. The molecule has 1 aliphatic carbocycles. The summed E-state index contributed by atoms with van der Waals surface area (Å²) < 4.78 is 75.4. The summed E-state index contributed by atoms with van der Waals surface area (Å²) in [5.41, 5.74) is -2.09. The fourth-order valence-electron chi connectivity index (χ4n) is 4.33. The molecule has 1 saturated carbocycles. The quantitative estimate of drug-likeness (QED) is 0.247. The Morgan fingerprint density at radius 1 is 1.24 bits per heavy atom. The van der Waals surface area contributed by atoms with E-state index in [1.165, 1.54) is 29.2 Å². The highest BCUT2D eigenvalue weighted by molar-refractivity contribution is 7.89. The highest BCUT2D eigenvalue weighted by atomic mass is 32.2. The van der Waals surface area contributed by atoms with Crippen molar-refractivity contribution in [2.45, 2.75) is 70.1 Å². The number of sulfonamides is 1. The number of amidine groups is 1. The first-order valence-corrected chi connectivity index (χ1v) is 15.0. The van der Waals surface area contributed by atoms with Crippen molar-refractivity contribution in [1.82, 2.24) is 29.7 Å². The molecule has 0 unspecified atom stereocenters. The maximum Gasteiger partial charge on any atom is 0.397 e. The SMILES string of the molecule is CCCNc1cccc(S(=O)(=O)N/C=C(\N=C(CC)N2CNCC2(C)C)n2ccc(OCC3(C(F)(F)F)CC3)n2)n1. The minimum Gasteiger partial charge on any atom is -0.476 e. The smallest absolute Gasteiger partial charge is 0.397 e. The predicted molar refractivity (Wildman–Crippen MR) is 150 cm³/mol. The zero-order valence-corrected chi connectivity index (χ0v) is 24.4. The van der Waals surface area contributed by atoms with Crippen LogP contribution in [0.3, 0.4) is 0 Å². The van der Waals surface area contributed by atoms with Crippen molar-refractivity contribution >= 4 is 27.5 Å². The first kappa shape index (κ1) is 30.6. The van der Waals surface area contributed by atoms with Crippen molar-refractivity contribution in [2.24, 2.45) is 10.4 Å². The number of hydrogen-bond donors (Lipinski definition) is 3. The zero-order valence-electron chi connectivity index (χ0n) is 23.6. The van der Waals surface area contributed by atoms with Gasteiger partial charge in [0.1, 0.15) is 23.7 Å². The molecule has 1 saturated heterocycles. The number of hydrogen-bond acceptors (Lipinski definition) is 8. The van der Waals surface area contributed by atoms with Crippen molar-refractivity contribution in [1.29, 1.82) is 0 Å². The van der Waals surface area contributed by atoms with Gasteiger partial charge in [0, 0.05) is 37.3 Å². The lowest BCUT2D eigenvalue weighted by Gasteiger charge is -2.33. The van der Waals surface area contributed by atoms with Gasteiger partial charge in [0.15, 0.2) is 10.8 Å². The lowest BCUT2D eigenvalue weighted by molar-refractivity contribution is -0.194. The number of aliphatic imine (C=N–C) groups is 1. The number of halogens is 3. The number of pyridine rings is 1. The molecule has 3 N–H and O–H groups in total. The topological polar surface area (TPSA) is 126 Å². The summed E-state index contributed by atoms with van der Waals surface area (Å²) in [6.07, 6.45) is -0.316. The van der Waals surface area contributed by atoms with Crippen molar-refractivity contribution in [3.8, 4) is 5.88 Å². The van der Waals surface area contributed by atoms with Gasteiger partial charge < -0.3 is 15.0 Å².